The average Bonchev–Trinajstić information content (AvgIpc) is 3.55. The van der Waals surface area contributed by atoms with Crippen LogP contribution >= 0.6 is 0 Å². The van der Waals surface area contributed by atoms with E-state index in [2.05, 4.69) is 15.0 Å². The largest absolute Gasteiger partial charge is 0.355 e. The lowest BCUT2D eigenvalue weighted by Crippen LogP contribution is -2.60. The second-order valence-electron chi connectivity index (χ2n) is 11.6. The Morgan fingerprint density at radius 1 is 1.08 bits per heavy atom. The highest BCUT2D eigenvalue weighted by Gasteiger charge is 2.48. The Morgan fingerprint density at radius 2 is 1.84 bits per heavy atom. The number of hydrogen-bond donors (Lipinski definition) is 0. The van der Waals surface area contributed by atoms with Gasteiger partial charge < -0.3 is 4.52 Å². The third kappa shape index (κ3) is 5.60. The average molecular weight is 522 g/mol. The van der Waals surface area contributed by atoms with Crippen LogP contribution in [0.2, 0.25) is 0 Å². The zero-order valence-electron chi connectivity index (χ0n) is 21.9. The quantitative estimate of drug-likeness (QED) is 0.298. The molecule has 0 unspecified atom stereocenters. The minimum Gasteiger partial charge on any atom is -0.355 e. The van der Waals surface area contributed by atoms with Crippen molar-refractivity contribution in [3.05, 3.63) is 71.7 Å². The van der Waals surface area contributed by atoms with Crippen molar-refractivity contribution in [1.29, 1.82) is 0 Å². The van der Waals surface area contributed by atoms with E-state index in [9.17, 15) is 18.4 Å². The van der Waals surface area contributed by atoms with Crippen molar-refractivity contribution in [1.82, 2.24) is 15.0 Å². The number of pyridine rings is 1. The molecule has 3 heterocycles. The third-order valence-electron chi connectivity index (χ3n) is 8.02. The van der Waals surface area contributed by atoms with E-state index in [1.807, 2.05) is 32.0 Å². The zero-order chi connectivity index (χ0) is 26.9. The molecular formula is C30H33F2N3O3. The first kappa shape index (κ1) is 26.4. The van der Waals surface area contributed by atoms with Crippen LogP contribution in [-0.2, 0) is 10.2 Å². The van der Waals surface area contributed by atoms with Gasteiger partial charge in [-0.15, -0.1) is 0 Å². The summed E-state index contributed by atoms with van der Waals surface area (Å²) in [4.78, 5) is 33.6. The van der Waals surface area contributed by atoms with Gasteiger partial charge in [-0.25, -0.2) is 8.78 Å². The summed E-state index contributed by atoms with van der Waals surface area (Å²) in [5.74, 6) is -1.56. The van der Waals surface area contributed by atoms with Gasteiger partial charge in [0.15, 0.2) is 11.5 Å². The number of carbonyl (C=O) groups excluding carboxylic acids is 2. The van der Waals surface area contributed by atoms with Crippen LogP contribution in [0.1, 0.15) is 75.0 Å². The summed E-state index contributed by atoms with van der Waals surface area (Å²) >= 11 is 0. The number of benzene rings is 1. The second-order valence-corrected chi connectivity index (χ2v) is 11.6. The fourth-order valence-corrected chi connectivity index (χ4v) is 6.11. The molecule has 3 aromatic rings. The van der Waals surface area contributed by atoms with Crippen LogP contribution in [-0.4, -0.2) is 45.7 Å². The number of Topliss-reactive ketones (excluding diaryl/α,β-unsaturated/α-hetero) is 2. The van der Waals surface area contributed by atoms with E-state index in [1.165, 1.54) is 25.0 Å². The van der Waals surface area contributed by atoms with E-state index in [1.54, 1.807) is 6.20 Å². The molecule has 0 radical (unpaired) electrons. The van der Waals surface area contributed by atoms with Crippen LogP contribution in [0.25, 0.3) is 11.3 Å². The predicted molar refractivity (Wildman–Crippen MR) is 139 cm³/mol. The second kappa shape index (κ2) is 10.5. The van der Waals surface area contributed by atoms with Crippen LogP contribution in [0.5, 0.6) is 0 Å². The Bertz CT molecular complexity index is 1310. The number of nitrogens with zero attached hydrogens (tertiary/aromatic N) is 3. The lowest BCUT2D eigenvalue weighted by atomic mass is 9.69. The van der Waals surface area contributed by atoms with E-state index in [0.29, 0.717) is 32.0 Å². The molecule has 8 heteroatoms. The molecule has 1 saturated carbocycles. The van der Waals surface area contributed by atoms with Gasteiger partial charge >= 0.3 is 0 Å². The molecule has 5 rings (SSSR count). The molecule has 0 spiro atoms. The van der Waals surface area contributed by atoms with Gasteiger partial charge in [0, 0.05) is 73.2 Å². The number of aromatic nitrogens is 2. The normalized spacial score (nSPS) is 17.9. The molecule has 200 valence electrons. The van der Waals surface area contributed by atoms with Crippen LogP contribution in [0.15, 0.2) is 53.2 Å². The van der Waals surface area contributed by atoms with E-state index < -0.39 is 22.5 Å². The van der Waals surface area contributed by atoms with Crippen molar-refractivity contribution in [2.24, 2.45) is 5.41 Å². The van der Waals surface area contributed by atoms with Gasteiger partial charge in [-0.1, -0.05) is 37.9 Å². The fraction of sp³-hybridized carbons (Fsp3) is 0.467. The van der Waals surface area contributed by atoms with E-state index in [0.717, 1.165) is 30.7 Å². The molecule has 0 N–H and O–H groups in total. The van der Waals surface area contributed by atoms with Gasteiger partial charge in [0.25, 0.3) is 0 Å². The van der Waals surface area contributed by atoms with Crippen molar-refractivity contribution in [3.8, 4) is 11.3 Å². The van der Waals surface area contributed by atoms with Gasteiger partial charge in [-0.2, -0.15) is 0 Å². The minimum atomic E-state index is -0.788. The number of hydrogen-bond acceptors (Lipinski definition) is 6. The van der Waals surface area contributed by atoms with Gasteiger partial charge in [0.05, 0.1) is 5.56 Å². The fourth-order valence-electron chi connectivity index (χ4n) is 6.11. The number of likely N-dealkylation sites (tertiary alicyclic amines) is 1. The molecule has 6 nitrogen and oxygen atoms in total. The summed E-state index contributed by atoms with van der Waals surface area (Å²) in [6, 6.07) is 10.8. The van der Waals surface area contributed by atoms with Gasteiger partial charge in [-0.3, -0.25) is 19.5 Å². The van der Waals surface area contributed by atoms with E-state index >= 15 is 0 Å². The predicted octanol–water partition coefficient (Wildman–Crippen LogP) is 6.16. The smallest absolute Gasteiger partial charge is 0.185 e. The molecule has 2 aliphatic rings. The van der Waals surface area contributed by atoms with Crippen molar-refractivity contribution in [2.45, 2.75) is 70.3 Å². The van der Waals surface area contributed by atoms with E-state index in [-0.39, 0.29) is 35.0 Å². The van der Waals surface area contributed by atoms with Crippen molar-refractivity contribution >= 4 is 11.6 Å². The highest BCUT2D eigenvalue weighted by atomic mass is 19.1. The Kier molecular flexibility index (Phi) is 7.27. The molecule has 0 atom stereocenters. The van der Waals surface area contributed by atoms with Gasteiger partial charge in [-0.05, 0) is 37.1 Å². The maximum Gasteiger partial charge on any atom is 0.185 e. The SMILES string of the molecule is CC(C)(CC(=O)CC1(CC(=O)c2cc(-c3ccc(F)cc3F)on2)CN(C2CCCC2)C1)c1ccccn1. The standard InChI is InChI=1S/C30H33F2N3O3/c1-29(2,28-9-5-6-12-33-28)15-22(36)16-30(18-35(19-30)21-7-3-4-8-21)17-26(37)25-14-27(38-34-25)23-11-10-20(31)13-24(23)32/h5-6,9-14,21H,3-4,7-8,15-19H2,1-2H3. The molecule has 1 saturated heterocycles. The first-order chi connectivity index (χ1) is 18.1. The third-order valence-corrected chi connectivity index (χ3v) is 8.02. The molecule has 0 bridgehead atoms. The maximum absolute atomic E-state index is 14.2. The molecule has 38 heavy (non-hydrogen) atoms. The summed E-state index contributed by atoms with van der Waals surface area (Å²) in [5.41, 5.74) is 0.0951. The summed E-state index contributed by atoms with van der Waals surface area (Å²) in [7, 11) is 0. The first-order valence-corrected chi connectivity index (χ1v) is 13.3. The minimum absolute atomic E-state index is 0.0376. The lowest BCUT2D eigenvalue weighted by Gasteiger charge is -2.52. The van der Waals surface area contributed by atoms with Crippen molar-refractivity contribution in [3.63, 3.8) is 0 Å². The highest BCUT2D eigenvalue weighted by molar-refractivity contribution is 5.96. The van der Waals surface area contributed by atoms with Crippen LogP contribution in [0, 0.1) is 17.0 Å². The monoisotopic (exact) mass is 521 g/mol. The Hall–Kier alpha value is -3.26. The molecule has 2 aromatic heterocycles. The molecule has 1 aliphatic heterocycles. The first-order valence-electron chi connectivity index (χ1n) is 13.3. The van der Waals surface area contributed by atoms with Gasteiger partial charge in [0.1, 0.15) is 23.1 Å². The number of halogens is 2. The number of ketones is 2. The zero-order valence-corrected chi connectivity index (χ0v) is 21.9. The van der Waals surface area contributed by atoms with E-state index in [4.69, 9.17) is 4.52 Å². The Morgan fingerprint density at radius 3 is 2.53 bits per heavy atom. The molecule has 0 amide bonds. The molecular weight excluding hydrogens is 488 g/mol. The summed E-state index contributed by atoms with van der Waals surface area (Å²) < 4.78 is 32.8. The summed E-state index contributed by atoms with van der Waals surface area (Å²) in [6.07, 6.45) is 7.26. The highest BCUT2D eigenvalue weighted by Crippen LogP contribution is 2.43. The van der Waals surface area contributed by atoms with Crippen molar-refractivity contribution < 1.29 is 22.9 Å². The van der Waals surface area contributed by atoms with Crippen LogP contribution in [0.3, 0.4) is 0 Å². The van der Waals surface area contributed by atoms with Gasteiger partial charge in [0.2, 0.25) is 0 Å². The maximum atomic E-state index is 14.2. The molecule has 1 aromatic carbocycles. The number of carbonyl (C=O) groups is 2. The Balaban J connectivity index is 1.31. The number of rotatable bonds is 10. The topological polar surface area (TPSA) is 76.3 Å². The summed E-state index contributed by atoms with van der Waals surface area (Å²) in [6.45, 7) is 5.41. The molecule has 2 fully saturated rings. The van der Waals surface area contributed by atoms with Crippen LogP contribution < -0.4 is 0 Å². The van der Waals surface area contributed by atoms with Crippen LogP contribution in [0.4, 0.5) is 8.78 Å². The van der Waals surface area contributed by atoms with Crippen molar-refractivity contribution in [2.75, 3.05) is 13.1 Å². The Labute approximate surface area is 221 Å². The lowest BCUT2D eigenvalue weighted by molar-refractivity contribution is -0.127. The summed E-state index contributed by atoms with van der Waals surface area (Å²) in [5, 5.41) is 3.88. The molecule has 1 aliphatic carbocycles.